The predicted molar refractivity (Wildman–Crippen MR) is 76.5 cm³/mol. The second-order valence-corrected chi connectivity index (χ2v) is 5.75. The molecule has 5 heteroatoms. The minimum absolute atomic E-state index is 0.685. The van der Waals surface area contributed by atoms with E-state index in [9.17, 15) is 0 Å². The molecule has 98 valence electrons. The van der Waals surface area contributed by atoms with Gasteiger partial charge in [-0.15, -0.1) is 11.3 Å². The van der Waals surface area contributed by atoms with Crippen LogP contribution in [0, 0.1) is 0 Å². The molecule has 0 saturated carbocycles. The van der Waals surface area contributed by atoms with Crippen LogP contribution in [0.5, 0.6) is 0 Å². The fourth-order valence-electron chi connectivity index (χ4n) is 2.73. The van der Waals surface area contributed by atoms with E-state index in [0.29, 0.717) is 6.54 Å². The van der Waals surface area contributed by atoms with E-state index in [1.807, 2.05) is 0 Å². The van der Waals surface area contributed by atoms with Crippen molar-refractivity contribution in [3.05, 3.63) is 17.3 Å². The molecule has 1 aliphatic heterocycles. The van der Waals surface area contributed by atoms with Gasteiger partial charge in [-0.25, -0.2) is 4.98 Å². The Bertz CT molecular complexity index is 508. The third-order valence-electron chi connectivity index (χ3n) is 3.63. The van der Waals surface area contributed by atoms with Gasteiger partial charge in [0.1, 0.15) is 0 Å². The summed E-state index contributed by atoms with van der Waals surface area (Å²) in [5, 5.41) is 2.09. The van der Waals surface area contributed by atoms with Crippen LogP contribution in [0.25, 0.3) is 4.96 Å². The molecule has 0 aromatic carbocycles. The van der Waals surface area contributed by atoms with Gasteiger partial charge in [-0.05, 0) is 19.4 Å². The Morgan fingerprint density at radius 1 is 1.22 bits per heavy atom. The molecule has 0 aliphatic carbocycles. The fourth-order valence-corrected chi connectivity index (χ4v) is 3.45. The molecule has 1 aliphatic rings. The SMILES string of the molecule is NCCc1c(N2CCCCCC2)nc2sccn12. The van der Waals surface area contributed by atoms with Gasteiger partial charge in [-0.3, -0.25) is 4.40 Å². The summed E-state index contributed by atoms with van der Waals surface area (Å²) in [4.78, 5) is 8.36. The molecule has 3 heterocycles. The maximum Gasteiger partial charge on any atom is 0.195 e. The number of thiazole rings is 1. The van der Waals surface area contributed by atoms with E-state index in [1.165, 1.54) is 37.2 Å². The third kappa shape index (κ3) is 2.12. The van der Waals surface area contributed by atoms with Gasteiger partial charge in [0.2, 0.25) is 0 Å². The molecule has 2 aromatic heterocycles. The zero-order chi connectivity index (χ0) is 12.4. The van der Waals surface area contributed by atoms with Crippen molar-refractivity contribution in [2.75, 3.05) is 24.5 Å². The molecule has 0 unspecified atom stereocenters. The van der Waals surface area contributed by atoms with Crippen molar-refractivity contribution in [3.63, 3.8) is 0 Å². The second kappa shape index (κ2) is 5.28. The van der Waals surface area contributed by atoms with Crippen LogP contribution in [0.3, 0.4) is 0 Å². The molecule has 1 fully saturated rings. The average Bonchev–Trinajstić information content (AvgIpc) is 2.83. The van der Waals surface area contributed by atoms with E-state index in [4.69, 9.17) is 10.7 Å². The summed E-state index contributed by atoms with van der Waals surface area (Å²) in [7, 11) is 0. The first-order chi connectivity index (χ1) is 8.90. The van der Waals surface area contributed by atoms with Crippen molar-refractivity contribution in [3.8, 4) is 0 Å². The number of nitrogens with zero attached hydrogens (tertiary/aromatic N) is 3. The number of anilines is 1. The van der Waals surface area contributed by atoms with Crippen LogP contribution >= 0.6 is 11.3 Å². The Labute approximate surface area is 111 Å². The summed E-state index contributed by atoms with van der Waals surface area (Å²) in [6, 6.07) is 0. The number of imidazole rings is 1. The summed E-state index contributed by atoms with van der Waals surface area (Å²) in [5.74, 6) is 1.18. The maximum absolute atomic E-state index is 5.75. The molecule has 3 rings (SSSR count). The molecule has 2 aromatic rings. The first-order valence-corrected chi connectivity index (χ1v) is 7.67. The third-order valence-corrected chi connectivity index (χ3v) is 4.38. The number of fused-ring (bicyclic) bond motifs is 1. The van der Waals surface area contributed by atoms with E-state index in [1.54, 1.807) is 11.3 Å². The molecule has 2 N–H and O–H groups in total. The second-order valence-electron chi connectivity index (χ2n) is 4.88. The lowest BCUT2D eigenvalue weighted by molar-refractivity contribution is 0.726. The normalized spacial score (nSPS) is 17.3. The topological polar surface area (TPSA) is 46.6 Å². The van der Waals surface area contributed by atoms with Crippen LogP contribution < -0.4 is 10.6 Å². The van der Waals surface area contributed by atoms with Gasteiger partial charge in [0.15, 0.2) is 10.8 Å². The predicted octanol–water partition coefficient (Wildman–Crippen LogP) is 2.28. The Morgan fingerprint density at radius 2 is 2.00 bits per heavy atom. The quantitative estimate of drug-likeness (QED) is 0.925. The van der Waals surface area contributed by atoms with Gasteiger partial charge in [0, 0.05) is 31.1 Å². The fraction of sp³-hybridized carbons (Fsp3) is 0.615. The molecule has 0 radical (unpaired) electrons. The smallest absolute Gasteiger partial charge is 0.195 e. The lowest BCUT2D eigenvalue weighted by atomic mass is 10.2. The Morgan fingerprint density at radius 3 is 2.72 bits per heavy atom. The molecule has 18 heavy (non-hydrogen) atoms. The minimum atomic E-state index is 0.685. The average molecular weight is 264 g/mol. The first-order valence-electron chi connectivity index (χ1n) is 6.79. The summed E-state index contributed by atoms with van der Waals surface area (Å²) in [5.41, 5.74) is 7.04. The highest BCUT2D eigenvalue weighted by Crippen LogP contribution is 2.26. The first kappa shape index (κ1) is 12.0. The summed E-state index contributed by atoms with van der Waals surface area (Å²) < 4.78 is 2.21. The van der Waals surface area contributed by atoms with Gasteiger partial charge in [-0.1, -0.05) is 12.8 Å². The van der Waals surface area contributed by atoms with Crippen LogP contribution in [0.4, 0.5) is 5.82 Å². The van der Waals surface area contributed by atoms with Crippen molar-refractivity contribution in [2.45, 2.75) is 32.1 Å². The van der Waals surface area contributed by atoms with E-state index < -0.39 is 0 Å². The highest BCUT2D eigenvalue weighted by Gasteiger charge is 2.19. The van der Waals surface area contributed by atoms with Crippen molar-refractivity contribution in [2.24, 2.45) is 5.73 Å². The molecular weight excluding hydrogens is 244 g/mol. The highest BCUT2D eigenvalue weighted by molar-refractivity contribution is 7.15. The lowest BCUT2D eigenvalue weighted by Gasteiger charge is -2.21. The van der Waals surface area contributed by atoms with Crippen molar-refractivity contribution in [1.29, 1.82) is 0 Å². The molecule has 0 amide bonds. The summed E-state index contributed by atoms with van der Waals surface area (Å²) in [6.07, 6.45) is 8.29. The van der Waals surface area contributed by atoms with Crippen molar-refractivity contribution < 1.29 is 0 Å². The zero-order valence-corrected chi connectivity index (χ0v) is 11.5. The lowest BCUT2D eigenvalue weighted by Crippen LogP contribution is -2.26. The van der Waals surface area contributed by atoms with Crippen LogP contribution in [-0.2, 0) is 6.42 Å². The van der Waals surface area contributed by atoms with E-state index in [0.717, 1.165) is 24.5 Å². The molecular formula is C13H20N4S. The van der Waals surface area contributed by atoms with E-state index in [-0.39, 0.29) is 0 Å². The summed E-state index contributed by atoms with van der Waals surface area (Å²) in [6.45, 7) is 2.97. The monoisotopic (exact) mass is 264 g/mol. The Hall–Kier alpha value is -1.07. The van der Waals surface area contributed by atoms with Gasteiger partial charge >= 0.3 is 0 Å². The van der Waals surface area contributed by atoms with Crippen LogP contribution in [-0.4, -0.2) is 29.0 Å². The minimum Gasteiger partial charge on any atom is -0.355 e. The standard InChI is InChI=1S/C13H20N4S/c14-6-5-11-12(15-13-17(11)9-10-18-13)16-7-3-1-2-4-8-16/h9-10H,1-8,14H2. The number of nitrogens with two attached hydrogens (primary N) is 1. The number of hydrogen-bond donors (Lipinski definition) is 1. The van der Waals surface area contributed by atoms with Crippen molar-refractivity contribution >= 4 is 22.1 Å². The van der Waals surface area contributed by atoms with Gasteiger partial charge in [0.05, 0.1) is 5.69 Å². The number of hydrogen-bond acceptors (Lipinski definition) is 4. The maximum atomic E-state index is 5.75. The Kier molecular flexibility index (Phi) is 3.52. The van der Waals surface area contributed by atoms with E-state index in [2.05, 4.69) is 20.9 Å². The largest absolute Gasteiger partial charge is 0.355 e. The number of aromatic nitrogens is 2. The van der Waals surface area contributed by atoms with E-state index >= 15 is 0 Å². The molecule has 0 atom stereocenters. The van der Waals surface area contributed by atoms with Gasteiger partial charge in [-0.2, -0.15) is 0 Å². The van der Waals surface area contributed by atoms with Crippen LogP contribution in [0.2, 0.25) is 0 Å². The van der Waals surface area contributed by atoms with Crippen LogP contribution in [0.15, 0.2) is 11.6 Å². The molecule has 0 bridgehead atoms. The number of rotatable bonds is 3. The molecule has 0 spiro atoms. The summed E-state index contributed by atoms with van der Waals surface area (Å²) >= 11 is 1.70. The van der Waals surface area contributed by atoms with Gasteiger partial charge in [0.25, 0.3) is 0 Å². The zero-order valence-electron chi connectivity index (χ0n) is 10.6. The molecule has 1 saturated heterocycles. The van der Waals surface area contributed by atoms with Gasteiger partial charge < -0.3 is 10.6 Å². The van der Waals surface area contributed by atoms with Crippen molar-refractivity contribution in [1.82, 2.24) is 9.38 Å². The molecule has 4 nitrogen and oxygen atoms in total. The Balaban J connectivity index is 1.97. The highest BCUT2D eigenvalue weighted by atomic mass is 32.1. The van der Waals surface area contributed by atoms with Crippen LogP contribution in [0.1, 0.15) is 31.4 Å².